The van der Waals surface area contributed by atoms with Crippen molar-refractivity contribution in [2.24, 2.45) is 0 Å². The summed E-state index contributed by atoms with van der Waals surface area (Å²) in [5.41, 5.74) is 0.466. The normalized spacial score (nSPS) is 21.3. The fourth-order valence-corrected chi connectivity index (χ4v) is 5.65. The molecule has 5 nitrogen and oxygen atoms in total. The molecular weight excluding hydrogens is 474 g/mol. The lowest BCUT2D eigenvalue weighted by Gasteiger charge is -2.47. The standard InChI is InChI=1S/C26H35Cl2FN4O/c1-4-21-17-32(25-23(28)13-19(15-30-25)26(2,3)34)11-12-33(21)22-7-9-31(10-8-22)16-18-5-6-20(27)14-24(18)29/h5-6,13-15,21-22,34H,4,7-12,16-17H2,1-3H3/t21-/m0/s1. The number of piperidine rings is 1. The molecule has 2 aliphatic heterocycles. The molecule has 1 N–H and O–H groups in total. The van der Waals surface area contributed by atoms with E-state index < -0.39 is 5.60 Å². The average Bonchev–Trinajstić information content (AvgIpc) is 2.80. The Bertz CT molecular complexity index is 991. The number of halogens is 3. The highest BCUT2D eigenvalue weighted by Gasteiger charge is 2.34. The highest BCUT2D eigenvalue weighted by molar-refractivity contribution is 6.33. The van der Waals surface area contributed by atoms with Gasteiger partial charge < -0.3 is 10.0 Å². The van der Waals surface area contributed by atoms with Gasteiger partial charge in [-0.3, -0.25) is 9.80 Å². The summed E-state index contributed by atoms with van der Waals surface area (Å²) in [4.78, 5) is 11.9. The molecule has 0 unspecified atom stereocenters. The van der Waals surface area contributed by atoms with E-state index in [1.807, 2.05) is 6.07 Å². The van der Waals surface area contributed by atoms with Crippen molar-refractivity contribution in [3.63, 3.8) is 0 Å². The summed E-state index contributed by atoms with van der Waals surface area (Å²) in [7, 11) is 0. The number of nitrogens with zero attached hydrogens (tertiary/aromatic N) is 4. The molecule has 0 bridgehead atoms. The maximum Gasteiger partial charge on any atom is 0.147 e. The number of benzene rings is 1. The Morgan fingerprint density at radius 2 is 1.85 bits per heavy atom. The largest absolute Gasteiger partial charge is 0.386 e. The third-order valence-electron chi connectivity index (χ3n) is 7.26. The van der Waals surface area contributed by atoms with Gasteiger partial charge in [-0.2, -0.15) is 0 Å². The lowest BCUT2D eigenvalue weighted by Crippen LogP contribution is -2.58. The van der Waals surface area contributed by atoms with Gasteiger partial charge in [0.05, 0.1) is 10.6 Å². The van der Waals surface area contributed by atoms with Gasteiger partial charge in [0.1, 0.15) is 11.6 Å². The van der Waals surface area contributed by atoms with Gasteiger partial charge >= 0.3 is 0 Å². The number of piperazine rings is 1. The molecule has 1 aromatic heterocycles. The molecule has 1 aromatic carbocycles. The Morgan fingerprint density at radius 3 is 2.47 bits per heavy atom. The minimum Gasteiger partial charge on any atom is -0.386 e. The molecule has 2 fully saturated rings. The second-order valence-corrected chi connectivity index (χ2v) is 10.9. The van der Waals surface area contributed by atoms with Crippen LogP contribution in [0.25, 0.3) is 0 Å². The number of hydrogen-bond donors (Lipinski definition) is 1. The Hall–Kier alpha value is -1.44. The van der Waals surface area contributed by atoms with Crippen molar-refractivity contribution < 1.29 is 9.50 Å². The summed E-state index contributed by atoms with van der Waals surface area (Å²) < 4.78 is 14.2. The Balaban J connectivity index is 1.35. The molecule has 0 saturated carbocycles. The van der Waals surface area contributed by atoms with E-state index in [2.05, 4.69) is 26.6 Å². The van der Waals surface area contributed by atoms with Gasteiger partial charge in [0.2, 0.25) is 0 Å². The van der Waals surface area contributed by atoms with Crippen LogP contribution in [-0.4, -0.2) is 64.7 Å². The molecule has 0 amide bonds. The third-order valence-corrected chi connectivity index (χ3v) is 7.78. The summed E-state index contributed by atoms with van der Waals surface area (Å²) in [6.45, 7) is 11.0. The van der Waals surface area contributed by atoms with E-state index in [0.29, 0.717) is 34.2 Å². The van der Waals surface area contributed by atoms with E-state index in [1.54, 1.807) is 32.2 Å². The zero-order valence-corrected chi connectivity index (χ0v) is 21.8. The monoisotopic (exact) mass is 508 g/mol. The van der Waals surface area contributed by atoms with Crippen LogP contribution in [0.4, 0.5) is 10.2 Å². The zero-order valence-electron chi connectivity index (χ0n) is 20.3. The van der Waals surface area contributed by atoms with Gasteiger partial charge in [0.15, 0.2) is 0 Å². The van der Waals surface area contributed by atoms with Crippen molar-refractivity contribution in [3.8, 4) is 0 Å². The first-order chi connectivity index (χ1) is 16.2. The second kappa shape index (κ2) is 10.7. The first-order valence-corrected chi connectivity index (χ1v) is 13.0. The predicted molar refractivity (Wildman–Crippen MR) is 137 cm³/mol. The molecule has 3 heterocycles. The topological polar surface area (TPSA) is 42.8 Å². The van der Waals surface area contributed by atoms with E-state index in [-0.39, 0.29) is 5.82 Å². The summed E-state index contributed by atoms with van der Waals surface area (Å²) in [5.74, 6) is 0.576. The van der Waals surface area contributed by atoms with Crippen LogP contribution in [-0.2, 0) is 12.1 Å². The maximum atomic E-state index is 14.2. The first kappa shape index (κ1) is 25.6. The van der Waals surface area contributed by atoms with Gasteiger partial charge in [-0.25, -0.2) is 9.37 Å². The molecule has 2 aromatic rings. The van der Waals surface area contributed by atoms with Crippen molar-refractivity contribution in [1.29, 1.82) is 0 Å². The third kappa shape index (κ3) is 5.85. The highest BCUT2D eigenvalue weighted by Crippen LogP contribution is 2.32. The first-order valence-electron chi connectivity index (χ1n) is 12.2. The molecule has 0 radical (unpaired) electrons. The molecule has 2 aliphatic rings. The minimum absolute atomic E-state index is 0.223. The molecule has 0 spiro atoms. The van der Waals surface area contributed by atoms with E-state index in [9.17, 15) is 9.50 Å². The van der Waals surface area contributed by atoms with Gasteiger partial charge in [-0.1, -0.05) is 36.2 Å². The average molecular weight is 509 g/mol. The number of anilines is 1. The van der Waals surface area contributed by atoms with Crippen LogP contribution >= 0.6 is 23.2 Å². The van der Waals surface area contributed by atoms with Crippen LogP contribution in [0.1, 0.15) is 51.2 Å². The predicted octanol–water partition coefficient (Wildman–Crippen LogP) is 5.32. The minimum atomic E-state index is -0.964. The SMILES string of the molecule is CC[C@H]1CN(c2ncc(C(C)(C)O)cc2Cl)CCN1C1CCN(Cc2ccc(Cl)cc2F)CC1. The number of aromatic nitrogens is 1. The number of aliphatic hydroxyl groups is 1. The maximum absolute atomic E-state index is 14.2. The summed E-state index contributed by atoms with van der Waals surface area (Å²) >= 11 is 12.5. The molecule has 8 heteroatoms. The molecule has 4 rings (SSSR count). The lowest BCUT2D eigenvalue weighted by atomic mass is 9.97. The number of rotatable bonds is 6. The van der Waals surface area contributed by atoms with Gasteiger partial charge in [-0.15, -0.1) is 0 Å². The number of pyridine rings is 1. The highest BCUT2D eigenvalue weighted by atomic mass is 35.5. The number of hydrogen-bond acceptors (Lipinski definition) is 5. The fraction of sp³-hybridized carbons (Fsp3) is 0.577. The lowest BCUT2D eigenvalue weighted by molar-refractivity contribution is 0.0607. The van der Waals surface area contributed by atoms with E-state index in [4.69, 9.17) is 23.2 Å². The van der Waals surface area contributed by atoms with Crippen molar-refractivity contribution in [2.75, 3.05) is 37.6 Å². The van der Waals surface area contributed by atoms with Crippen LogP contribution in [0.5, 0.6) is 0 Å². The van der Waals surface area contributed by atoms with E-state index in [1.165, 1.54) is 6.07 Å². The molecule has 186 valence electrons. The van der Waals surface area contributed by atoms with Crippen molar-refractivity contribution in [2.45, 2.75) is 64.3 Å². The summed E-state index contributed by atoms with van der Waals surface area (Å²) in [6, 6.07) is 7.76. The molecule has 1 atom stereocenters. The van der Waals surface area contributed by atoms with Gasteiger partial charge in [0.25, 0.3) is 0 Å². The smallest absolute Gasteiger partial charge is 0.147 e. The number of likely N-dealkylation sites (tertiary alicyclic amines) is 1. The van der Waals surface area contributed by atoms with Crippen LogP contribution in [0.2, 0.25) is 10.0 Å². The van der Waals surface area contributed by atoms with Crippen LogP contribution < -0.4 is 4.90 Å². The molecular formula is C26H35Cl2FN4O. The Labute approximate surface area is 212 Å². The van der Waals surface area contributed by atoms with Crippen LogP contribution in [0, 0.1) is 5.82 Å². The van der Waals surface area contributed by atoms with Crippen LogP contribution in [0.15, 0.2) is 30.5 Å². The van der Waals surface area contributed by atoms with Crippen molar-refractivity contribution in [3.05, 3.63) is 57.5 Å². The second-order valence-electron chi connectivity index (χ2n) is 10.1. The van der Waals surface area contributed by atoms with Gasteiger partial charge in [0, 0.05) is 60.6 Å². The van der Waals surface area contributed by atoms with Crippen molar-refractivity contribution in [1.82, 2.24) is 14.8 Å². The fourth-order valence-electron chi connectivity index (χ4n) is 5.20. The quantitative estimate of drug-likeness (QED) is 0.571. The summed E-state index contributed by atoms with van der Waals surface area (Å²) in [6.07, 6.45) is 4.97. The van der Waals surface area contributed by atoms with E-state index >= 15 is 0 Å². The molecule has 2 saturated heterocycles. The van der Waals surface area contributed by atoms with Crippen LogP contribution in [0.3, 0.4) is 0 Å². The zero-order chi connectivity index (χ0) is 24.5. The Morgan fingerprint density at radius 1 is 1.12 bits per heavy atom. The van der Waals surface area contributed by atoms with Gasteiger partial charge in [-0.05, 0) is 64.4 Å². The van der Waals surface area contributed by atoms with Crippen molar-refractivity contribution >= 4 is 29.0 Å². The molecule has 0 aliphatic carbocycles. The summed E-state index contributed by atoms with van der Waals surface area (Å²) in [5, 5.41) is 11.3. The molecule has 34 heavy (non-hydrogen) atoms. The Kier molecular flexibility index (Phi) is 8.05. The van der Waals surface area contributed by atoms with E-state index in [0.717, 1.165) is 63.4 Å².